The van der Waals surface area contributed by atoms with E-state index < -0.39 is 0 Å². The van der Waals surface area contributed by atoms with Gasteiger partial charge in [0.1, 0.15) is 10.8 Å². The Morgan fingerprint density at radius 3 is 2.62 bits per heavy atom. The van der Waals surface area contributed by atoms with Crippen LogP contribution in [-0.2, 0) is 9.47 Å². The van der Waals surface area contributed by atoms with Gasteiger partial charge in [-0.2, -0.15) is 0 Å². The summed E-state index contributed by atoms with van der Waals surface area (Å²) in [6, 6.07) is 1.57. The molecule has 1 amide bonds. The third-order valence-corrected chi connectivity index (χ3v) is 4.65. The van der Waals surface area contributed by atoms with Crippen molar-refractivity contribution in [1.29, 1.82) is 0 Å². The summed E-state index contributed by atoms with van der Waals surface area (Å²) in [5, 5.41) is 0.680. The molecule has 0 spiro atoms. The quantitative estimate of drug-likeness (QED) is 0.925. The van der Waals surface area contributed by atoms with Crippen molar-refractivity contribution in [3.8, 4) is 0 Å². The summed E-state index contributed by atoms with van der Waals surface area (Å²) >= 11 is 11.7. The van der Waals surface area contributed by atoms with Crippen molar-refractivity contribution in [2.45, 2.75) is 31.5 Å². The van der Waals surface area contributed by atoms with E-state index in [2.05, 4.69) is 4.98 Å². The number of hydrogen-bond acceptors (Lipinski definition) is 3. The number of nitrogens with zero attached hydrogens (tertiary/aromatic N) is 1. The number of likely N-dealkylation sites (tertiary alicyclic amines) is 1. The zero-order chi connectivity index (χ0) is 14.8. The molecule has 1 aromatic rings. The Hall–Kier alpha value is -0.750. The van der Waals surface area contributed by atoms with Crippen LogP contribution in [0.5, 0.6) is 0 Å². The fourth-order valence-corrected chi connectivity index (χ4v) is 3.09. The third-order valence-electron chi connectivity index (χ3n) is 3.96. The summed E-state index contributed by atoms with van der Waals surface area (Å²) in [6.45, 7) is 2.85. The van der Waals surface area contributed by atoms with Gasteiger partial charge >= 0.3 is 0 Å². The summed E-state index contributed by atoms with van der Waals surface area (Å²) in [4.78, 5) is 16.9. The van der Waals surface area contributed by atoms with E-state index in [-0.39, 0.29) is 18.1 Å². The highest BCUT2D eigenvalue weighted by Gasteiger charge is 2.28. The predicted molar refractivity (Wildman–Crippen MR) is 80.0 cm³/mol. The average molecular weight is 333 g/mol. The first-order valence-corrected chi connectivity index (χ1v) is 7.95. The highest BCUT2D eigenvalue weighted by molar-refractivity contribution is 6.41. The zero-order valence-corrected chi connectivity index (χ0v) is 13.1. The predicted octanol–water partition coefficient (Wildman–Crippen LogP) is 2.73. The van der Waals surface area contributed by atoms with Crippen molar-refractivity contribution in [2.24, 2.45) is 0 Å². The topological polar surface area (TPSA) is 54.6 Å². The van der Waals surface area contributed by atoms with Crippen LogP contribution in [-0.4, -0.2) is 54.3 Å². The Bertz CT molecular complexity index is 487. The first-order valence-electron chi connectivity index (χ1n) is 7.20. The summed E-state index contributed by atoms with van der Waals surface area (Å²) in [5.41, 5.74) is 0.438. The molecule has 3 rings (SSSR count). The molecule has 116 valence electrons. The maximum atomic E-state index is 12.3. The minimum atomic E-state index is -0.0635. The van der Waals surface area contributed by atoms with E-state index in [1.807, 2.05) is 4.90 Å². The first kappa shape index (κ1) is 15.2. The second-order valence-electron chi connectivity index (χ2n) is 5.46. The number of halogens is 2. The van der Waals surface area contributed by atoms with E-state index in [4.69, 9.17) is 32.7 Å². The van der Waals surface area contributed by atoms with E-state index in [0.717, 1.165) is 25.9 Å². The number of aromatic amines is 1. The zero-order valence-electron chi connectivity index (χ0n) is 11.6. The number of hydrogen-bond donors (Lipinski definition) is 1. The number of ether oxygens (including phenoxy) is 2. The van der Waals surface area contributed by atoms with E-state index in [9.17, 15) is 4.79 Å². The summed E-state index contributed by atoms with van der Waals surface area (Å²) < 4.78 is 11.3. The molecule has 1 N–H and O–H groups in total. The molecule has 3 heterocycles. The van der Waals surface area contributed by atoms with E-state index in [0.29, 0.717) is 35.6 Å². The molecule has 2 fully saturated rings. The van der Waals surface area contributed by atoms with Crippen molar-refractivity contribution in [2.75, 3.05) is 26.3 Å². The van der Waals surface area contributed by atoms with Crippen molar-refractivity contribution in [1.82, 2.24) is 9.88 Å². The lowest BCUT2D eigenvalue weighted by atomic mass is 10.1. The molecule has 2 saturated heterocycles. The number of carbonyl (C=O) groups excluding carboxylic acids is 1. The van der Waals surface area contributed by atoms with Gasteiger partial charge in [0.25, 0.3) is 5.91 Å². The molecule has 1 unspecified atom stereocenters. The van der Waals surface area contributed by atoms with Crippen molar-refractivity contribution >= 4 is 29.1 Å². The van der Waals surface area contributed by atoms with Crippen LogP contribution in [0, 0.1) is 0 Å². The van der Waals surface area contributed by atoms with Gasteiger partial charge in [-0.3, -0.25) is 4.79 Å². The van der Waals surface area contributed by atoms with E-state index >= 15 is 0 Å². The number of amides is 1. The minimum Gasteiger partial charge on any atom is -0.379 e. The van der Waals surface area contributed by atoms with Crippen LogP contribution in [0.4, 0.5) is 0 Å². The Morgan fingerprint density at radius 2 is 2.05 bits per heavy atom. The smallest absolute Gasteiger partial charge is 0.270 e. The largest absolute Gasteiger partial charge is 0.379 e. The maximum absolute atomic E-state index is 12.3. The Morgan fingerprint density at radius 1 is 1.29 bits per heavy atom. The fourth-order valence-electron chi connectivity index (χ4n) is 2.78. The number of nitrogens with one attached hydrogen (secondary N) is 1. The van der Waals surface area contributed by atoms with Crippen LogP contribution in [0.1, 0.15) is 29.8 Å². The molecule has 21 heavy (non-hydrogen) atoms. The Balaban J connectivity index is 1.51. The molecule has 1 aromatic heterocycles. The van der Waals surface area contributed by atoms with Gasteiger partial charge in [-0.05, 0) is 25.3 Å². The lowest BCUT2D eigenvalue weighted by Crippen LogP contribution is -2.42. The molecule has 7 heteroatoms. The van der Waals surface area contributed by atoms with Gasteiger partial charge in [0.15, 0.2) is 0 Å². The number of carbonyl (C=O) groups is 1. The van der Waals surface area contributed by atoms with Gasteiger partial charge < -0.3 is 19.4 Å². The number of rotatable bonds is 3. The van der Waals surface area contributed by atoms with Crippen LogP contribution in [0.15, 0.2) is 6.07 Å². The third kappa shape index (κ3) is 3.54. The molecule has 0 aliphatic carbocycles. The molecule has 0 bridgehead atoms. The molecule has 0 radical (unpaired) electrons. The molecule has 1 atom stereocenters. The molecular weight excluding hydrogens is 315 g/mol. The van der Waals surface area contributed by atoms with Crippen molar-refractivity contribution in [3.05, 3.63) is 21.9 Å². The normalized spacial score (nSPS) is 23.7. The van der Waals surface area contributed by atoms with Gasteiger partial charge in [0.2, 0.25) is 0 Å². The summed E-state index contributed by atoms with van der Waals surface area (Å²) in [5.74, 6) is -0.0635. The molecular formula is C14H18Cl2N2O3. The molecule has 2 aliphatic rings. The number of H-pyrrole nitrogens is 1. The van der Waals surface area contributed by atoms with Crippen LogP contribution in [0.25, 0.3) is 0 Å². The molecule has 0 aromatic carbocycles. The number of piperidine rings is 1. The van der Waals surface area contributed by atoms with Crippen molar-refractivity contribution < 1.29 is 14.3 Å². The summed E-state index contributed by atoms with van der Waals surface area (Å²) in [6.07, 6.45) is 3.11. The van der Waals surface area contributed by atoms with Gasteiger partial charge in [-0.1, -0.05) is 23.2 Å². The fraction of sp³-hybridized carbons (Fsp3) is 0.643. The second kappa shape index (κ2) is 6.57. The van der Waals surface area contributed by atoms with Gasteiger partial charge in [0, 0.05) is 19.7 Å². The Labute approximate surface area is 133 Å². The lowest BCUT2D eigenvalue weighted by molar-refractivity contribution is -0.0408. The lowest BCUT2D eigenvalue weighted by Gasteiger charge is -2.32. The maximum Gasteiger partial charge on any atom is 0.270 e. The SMILES string of the molecule is O=C(c1cc(Cl)c(Cl)[nH]1)N1CCC(OC2CCOC2)CC1. The van der Waals surface area contributed by atoms with Crippen LogP contribution < -0.4 is 0 Å². The van der Waals surface area contributed by atoms with E-state index in [1.165, 1.54) is 0 Å². The van der Waals surface area contributed by atoms with Crippen LogP contribution in [0.3, 0.4) is 0 Å². The van der Waals surface area contributed by atoms with Gasteiger partial charge in [-0.15, -0.1) is 0 Å². The van der Waals surface area contributed by atoms with Crippen LogP contribution >= 0.6 is 23.2 Å². The molecule has 0 saturated carbocycles. The van der Waals surface area contributed by atoms with Gasteiger partial charge in [-0.25, -0.2) is 0 Å². The summed E-state index contributed by atoms with van der Waals surface area (Å²) in [7, 11) is 0. The van der Waals surface area contributed by atoms with Crippen molar-refractivity contribution in [3.63, 3.8) is 0 Å². The second-order valence-corrected chi connectivity index (χ2v) is 6.24. The highest BCUT2D eigenvalue weighted by Crippen LogP contribution is 2.24. The molecule has 2 aliphatic heterocycles. The number of aromatic nitrogens is 1. The average Bonchev–Trinajstić information content (AvgIpc) is 3.10. The van der Waals surface area contributed by atoms with E-state index in [1.54, 1.807) is 6.07 Å². The minimum absolute atomic E-state index is 0.0635. The van der Waals surface area contributed by atoms with Crippen LogP contribution in [0.2, 0.25) is 10.2 Å². The van der Waals surface area contributed by atoms with Gasteiger partial charge in [0.05, 0.1) is 23.8 Å². The molecule has 5 nitrogen and oxygen atoms in total. The standard InChI is InChI=1S/C14H18Cl2N2O3/c15-11-7-12(17-13(11)16)14(19)18-4-1-9(2-5-18)21-10-3-6-20-8-10/h7,9-10,17H,1-6,8H2. The first-order chi connectivity index (χ1) is 10.1. The Kier molecular flexibility index (Phi) is 4.74. The highest BCUT2D eigenvalue weighted by atomic mass is 35.5. The monoisotopic (exact) mass is 332 g/mol.